The highest BCUT2D eigenvalue weighted by molar-refractivity contribution is 5.90. The molecule has 0 unspecified atom stereocenters. The molecule has 0 saturated heterocycles. The van der Waals surface area contributed by atoms with Crippen molar-refractivity contribution in [2.75, 3.05) is 12.4 Å². The van der Waals surface area contributed by atoms with Crippen LogP contribution in [0.15, 0.2) is 42.5 Å². The van der Waals surface area contributed by atoms with Gasteiger partial charge >= 0.3 is 11.9 Å². The summed E-state index contributed by atoms with van der Waals surface area (Å²) in [4.78, 5) is 23.1. The lowest BCUT2D eigenvalue weighted by Gasteiger charge is -2.22. The number of ether oxygens (including phenoxy) is 1. The zero-order valence-electron chi connectivity index (χ0n) is 16.9. The molecule has 1 aliphatic rings. The van der Waals surface area contributed by atoms with Gasteiger partial charge in [-0.15, -0.1) is 0 Å². The summed E-state index contributed by atoms with van der Waals surface area (Å²) in [6, 6.07) is 12.5. The van der Waals surface area contributed by atoms with Gasteiger partial charge in [-0.1, -0.05) is 44.2 Å². The molecule has 1 fully saturated rings. The predicted molar refractivity (Wildman–Crippen MR) is 113 cm³/mol. The molecule has 1 saturated carbocycles. The van der Waals surface area contributed by atoms with E-state index in [4.69, 9.17) is 4.74 Å². The zero-order chi connectivity index (χ0) is 20.6. The number of carboxylic acids is 1. The summed E-state index contributed by atoms with van der Waals surface area (Å²) in [7, 11) is 1.39. The Morgan fingerprint density at radius 3 is 2.59 bits per heavy atom. The normalized spacial score (nSPS) is 14.4. The maximum Gasteiger partial charge on any atom is 0.337 e. The number of carbonyl (C=O) groups excluding carboxylic acids is 1. The van der Waals surface area contributed by atoms with Crippen LogP contribution in [0.4, 0.5) is 5.69 Å². The van der Waals surface area contributed by atoms with E-state index in [9.17, 15) is 14.7 Å². The number of hydrogen-bond acceptors (Lipinski definition) is 4. The molecule has 0 bridgehead atoms. The second-order valence-electron chi connectivity index (χ2n) is 7.77. The summed E-state index contributed by atoms with van der Waals surface area (Å²) in [6.07, 6.45) is 8.59. The highest BCUT2D eigenvalue weighted by Crippen LogP contribution is 2.29. The number of nitrogens with one attached hydrogen (secondary N) is 1. The molecule has 0 spiro atoms. The monoisotopic (exact) mass is 395 g/mol. The molecule has 0 aliphatic heterocycles. The van der Waals surface area contributed by atoms with E-state index < -0.39 is 5.97 Å². The van der Waals surface area contributed by atoms with Crippen LogP contribution in [0.2, 0.25) is 0 Å². The van der Waals surface area contributed by atoms with Gasteiger partial charge in [0.15, 0.2) is 0 Å². The maximum atomic E-state index is 12.0. The lowest BCUT2D eigenvalue weighted by Crippen LogP contribution is -2.10. The third kappa shape index (κ3) is 5.83. The first-order chi connectivity index (χ1) is 14.1. The molecule has 0 atom stereocenters. The number of hydrogen-bond donors (Lipinski definition) is 2. The smallest absolute Gasteiger partial charge is 0.337 e. The molecule has 1 aliphatic carbocycles. The highest BCUT2D eigenvalue weighted by Gasteiger charge is 2.16. The summed E-state index contributed by atoms with van der Waals surface area (Å²) >= 11 is 0. The van der Waals surface area contributed by atoms with Crippen molar-refractivity contribution in [3.8, 4) is 0 Å². The summed E-state index contributed by atoms with van der Waals surface area (Å²) in [5, 5.41) is 12.6. The van der Waals surface area contributed by atoms with Crippen LogP contribution in [0.25, 0.3) is 0 Å². The molecular weight excluding hydrogens is 366 g/mol. The Labute approximate surface area is 172 Å². The number of methoxy groups -OCH3 is 1. The molecule has 0 amide bonds. The molecular formula is C24H29NO4. The number of benzene rings is 2. The fraction of sp³-hybridized carbons (Fsp3) is 0.417. The van der Waals surface area contributed by atoms with E-state index in [0.29, 0.717) is 12.1 Å². The average Bonchev–Trinajstić information content (AvgIpc) is 2.76. The molecule has 29 heavy (non-hydrogen) atoms. The lowest BCUT2D eigenvalue weighted by molar-refractivity contribution is 0.0599. The van der Waals surface area contributed by atoms with Gasteiger partial charge < -0.3 is 15.2 Å². The van der Waals surface area contributed by atoms with Crippen LogP contribution in [0, 0.1) is 5.92 Å². The molecule has 5 heteroatoms. The van der Waals surface area contributed by atoms with E-state index in [1.54, 1.807) is 24.3 Å². The van der Waals surface area contributed by atoms with Crippen LogP contribution >= 0.6 is 0 Å². The minimum absolute atomic E-state index is 0.280. The van der Waals surface area contributed by atoms with Crippen LogP contribution in [0.3, 0.4) is 0 Å². The van der Waals surface area contributed by atoms with Crippen molar-refractivity contribution >= 4 is 17.6 Å². The van der Waals surface area contributed by atoms with Crippen molar-refractivity contribution < 1.29 is 19.4 Å². The molecule has 0 radical (unpaired) electrons. The summed E-state index contributed by atoms with van der Waals surface area (Å²) in [5.74, 6) is -0.502. The summed E-state index contributed by atoms with van der Waals surface area (Å²) in [6.45, 7) is 0.523. The van der Waals surface area contributed by atoms with Crippen molar-refractivity contribution in [3.05, 3.63) is 64.7 Å². The van der Waals surface area contributed by atoms with Gasteiger partial charge in [0.1, 0.15) is 0 Å². The van der Waals surface area contributed by atoms with Gasteiger partial charge in [-0.25, -0.2) is 9.59 Å². The number of carbonyl (C=O) groups is 2. The van der Waals surface area contributed by atoms with E-state index in [1.807, 2.05) is 18.2 Å². The quantitative estimate of drug-likeness (QED) is 0.594. The Morgan fingerprint density at radius 2 is 1.86 bits per heavy atom. The second-order valence-corrected chi connectivity index (χ2v) is 7.77. The number of aryl methyl sites for hydroxylation is 1. The lowest BCUT2D eigenvalue weighted by atomic mass is 9.85. The van der Waals surface area contributed by atoms with E-state index in [1.165, 1.54) is 39.2 Å². The van der Waals surface area contributed by atoms with Crippen molar-refractivity contribution in [2.45, 2.75) is 51.5 Å². The Morgan fingerprint density at radius 1 is 1.07 bits per heavy atom. The average molecular weight is 395 g/mol. The van der Waals surface area contributed by atoms with Crippen molar-refractivity contribution in [1.82, 2.24) is 0 Å². The third-order valence-corrected chi connectivity index (χ3v) is 5.73. The van der Waals surface area contributed by atoms with Crippen LogP contribution in [0.5, 0.6) is 0 Å². The topological polar surface area (TPSA) is 75.6 Å². The first kappa shape index (κ1) is 20.9. The van der Waals surface area contributed by atoms with Crippen molar-refractivity contribution in [3.63, 3.8) is 0 Å². The number of rotatable bonds is 8. The van der Waals surface area contributed by atoms with Gasteiger partial charge in [0.25, 0.3) is 0 Å². The molecule has 2 aromatic rings. The Kier molecular flexibility index (Phi) is 7.28. The minimum Gasteiger partial charge on any atom is -0.478 e. The SMILES string of the molecule is COC(=O)c1ccc(NCc2cccc(C(=O)O)c2)c(CCC2CCCCC2)c1. The van der Waals surface area contributed by atoms with Crippen LogP contribution < -0.4 is 5.32 Å². The summed E-state index contributed by atoms with van der Waals surface area (Å²) < 4.78 is 4.88. The highest BCUT2D eigenvalue weighted by atomic mass is 16.5. The number of carboxylic acid groups (broad SMARTS) is 1. The molecule has 5 nitrogen and oxygen atoms in total. The Bertz CT molecular complexity index is 856. The van der Waals surface area contributed by atoms with Crippen LogP contribution in [-0.2, 0) is 17.7 Å². The number of anilines is 1. The standard InChI is InChI=1S/C24H29NO4/c1-29-24(28)21-12-13-22(19(15-21)11-10-17-6-3-2-4-7-17)25-16-18-8-5-9-20(14-18)23(26)27/h5,8-9,12-15,17,25H,2-4,6-7,10-11,16H2,1H3,(H,26,27). The van der Waals surface area contributed by atoms with Gasteiger partial charge in [0.05, 0.1) is 18.2 Å². The predicted octanol–water partition coefficient (Wildman–Crippen LogP) is 5.30. The van der Waals surface area contributed by atoms with Gasteiger partial charge in [-0.05, 0) is 60.2 Å². The largest absolute Gasteiger partial charge is 0.478 e. The van der Waals surface area contributed by atoms with Gasteiger partial charge in [-0.3, -0.25) is 0 Å². The van der Waals surface area contributed by atoms with E-state index >= 15 is 0 Å². The van der Waals surface area contributed by atoms with E-state index in [-0.39, 0.29) is 11.5 Å². The maximum absolute atomic E-state index is 12.0. The molecule has 2 N–H and O–H groups in total. The first-order valence-electron chi connectivity index (χ1n) is 10.3. The van der Waals surface area contributed by atoms with Crippen molar-refractivity contribution in [2.24, 2.45) is 5.92 Å². The van der Waals surface area contributed by atoms with Gasteiger partial charge in [-0.2, -0.15) is 0 Å². The number of aromatic carboxylic acids is 1. The Balaban J connectivity index is 1.74. The van der Waals surface area contributed by atoms with E-state index in [0.717, 1.165) is 35.6 Å². The minimum atomic E-state index is -0.928. The van der Waals surface area contributed by atoms with Crippen LogP contribution in [0.1, 0.15) is 70.4 Å². The van der Waals surface area contributed by atoms with Crippen molar-refractivity contribution in [1.29, 1.82) is 0 Å². The number of esters is 1. The van der Waals surface area contributed by atoms with Gasteiger partial charge in [0.2, 0.25) is 0 Å². The fourth-order valence-electron chi connectivity index (χ4n) is 4.06. The molecule has 0 aromatic heterocycles. The molecule has 2 aromatic carbocycles. The fourth-order valence-corrected chi connectivity index (χ4v) is 4.06. The van der Waals surface area contributed by atoms with Crippen LogP contribution in [-0.4, -0.2) is 24.2 Å². The van der Waals surface area contributed by atoms with E-state index in [2.05, 4.69) is 5.32 Å². The Hall–Kier alpha value is -2.82. The second kappa shape index (κ2) is 10.1. The molecule has 3 rings (SSSR count). The zero-order valence-corrected chi connectivity index (χ0v) is 16.9. The third-order valence-electron chi connectivity index (χ3n) is 5.73. The van der Waals surface area contributed by atoms with Gasteiger partial charge in [0, 0.05) is 12.2 Å². The molecule has 154 valence electrons. The molecule has 0 heterocycles. The summed E-state index contributed by atoms with van der Waals surface area (Å²) in [5.41, 5.74) is 3.83. The first-order valence-corrected chi connectivity index (χ1v) is 10.3.